The summed E-state index contributed by atoms with van der Waals surface area (Å²) in [5.41, 5.74) is 0. The number of hydrogen-bond donors (Lipinski definition) is 2. The number of aliphatic hydroxyl groups is 2. The summed E-state index contributed by atoms with van der Waals surface area (Å²) in [6, 6.07) is 0. The topological polar surface area (TPSA) is 40.5 Å². The standard InChI is InChI=1S/C8H14O2/c1-2-3-5-8(10)6-4-7-9/h8-10H,2,4,6-7H2,1H3. The molecule has 58 valence electrons. The van der Waals surface area contributed by atoms with Gasteiger partial charge in [0.15, 0.2) is 0 Å². The van der Waals surface area contributed by atoms with Gasteiger partial charge in [0.05, 0.1) is 0 Å². The van der Waals surface area contributed by atoms with Gasteiger partial charge >= 0.3 is 0 Å². The van der Waals surface area contributed by atoms with Gasteiger partial charge in [0, 0.05) is 13.0 Å². The Morgan fingerprint density at radius 1 is 1.50 bits per heavy atom. The third kappa shape index (κ3) is 5.61. The highest BCUT2D eigenvalue weighted by atomic mass is 16.3. The van der Waals surface area contributed by atoms with Crippen LogP contribution in [0.3, 0.4) is 0 Å². The fraction of sp³-hybridized carbons (Fsp3) is 0.750. The molecule has 0 aromatic carbocycles. The molecule has 0 fully saturated rings. The van der Waals surface area contributed by atoms with E-state index in [9.17, 15) is 0 Å². The highest BCUT2D eigenvalue weighted by Crippen LogP contribution is 1.93. The zero-order valence-corrected chi connectivity index (χ0v) is 6.30. The monoisotopic (exact) mass is 142 g/mol. The predicted molar refractivity (Wildman–Crippen MR) is 40.4 cm³/mol. The first-order chi connectivity index (χ1) is 4.81. The van der Waals surface area contributed by atoms with Crippen molar-refractivity contribution in [2.75, 3.05) is 6.61 Å². The summed E-state index contributed by atoms with van der Waals surface area (Å²) in [5.74, 6) is 5.44. The van der Waals surface area contributed by atoms with Gasteiger partial charge in [0.2, 0.25) is 0 Å². The van der Waals surface area contributed by atoms with Gasteiger partial charge in [-0.15, -0.1) is 5.92 Å². The second-order valence-corrected chi connectivity index (χ2v) is 2.06. The highest BCUT2D eigenvalue weighted by Gasteiger charge is 1.95. The smallest absolute Gasteiger partial charge is 0.114 e. The molecular formula is C8H14O2. The second kappa shape index (κ2) is 6.60. The first-order valence-corrected chi connectivity index (χ1v) is 3.58. The van der Waals surface area contributed by atoms with Crippen molar-refractivity contribution in [2.45, 2.75) is 32.3 Å². The molecule has 0 aromatic rings. The first kappa shape index (κ1) is 9.48. The largest absolute Gasteiger partial charge is 0.396 e. The van der Waals surface area contributed by atoms with Gasteiger partial charge in [0.25, 0.3) is 0 Å². The minimum Gasteiger partial charge on any atom is -0.396 e. The minimum absolute atomic E-state index is 0.130. The fourth-order valence-corrected chi connectivity index (χ4v) is 0.577. The predicted octanol–water partition coefficient (Wildman–Crippen LogP) is 0.533. The molecule has 0 bridgehead atoms. The highest BCUT2D eigenvalue weighted by molar-refractivity contribution is 5.03. The maximum Gasteiger partial charge on any atom is 0.114 e. The lowest BCUT2D eigenvalue weighted by Crippen LogP contribution is -2.03. The Labute approximate surface area is 61.9 Å². The average molecular weight is 142 g/mol. The Morgan fingerprint density at radius 2 is 2.20 bits per heavy atom. The lowest BCUT2D eigenvalue weighted by Gasteiger charge is -1.98. The number of hydrogen-bond acceptors (Lipinski definition) is 2. The molecule has 10 heavy (non-hydrogen) atoms. The summed E-state index contributed by atoms with van der Waals surface area (Å²) in [6.45, 7) is 2.07. The van der Waals surface area contributed by atoms with Crippen molar-refractivity contribution in [2.24, 2.45) is 0 Å². The minimum atomic E-state index is -0.549. The van der Waals surface area contributed by atoms with Crippen LogP contribution in [0.5, 0.6) is 0 Å². The molecule has 0 amide bonds. The van der Waals surface area contributed by atoms with Gasteiger partial charge in [0.1, 0.15) is 6.10 Å². The van der Waals surface area contributed by atoms with E-state index in [1.165, 1.54) is 0 Å². The number of rotatable bonds is 3. The van der Waals surface area contributed by atoms with Crippen LogP contribution >= 0.6 is 0 Å². The van der Waals surface area contributed by atoms with E-state index in [-0.39, 0.29) is 6.61 Å². The van der Waals surface area contributed by atoms with Crippen LogP contribution in [0.4, 0.5) is 0 Å². The Morgan fingerprint density at radius 3 is 2.70 bits per heavy atom. The Kier molecular flexibility index (Phi) is 6.25. The van der Waals surface area contributed by atoms with Crippen LogP contribution in [0.2, 0.25) is 0 Å². The van der Waals surface area contributed by atoms with Gasteiger partial charge in [-0.2, -0.15) is 0 Å². The second-order valence-electron chi connectivity index (χ2n) is 2.06. The average Bonchev–Trinajstić information content (AvgIpc) is 1.97. The molecule has 0 radical (unpaired) electrons. The Bertz CT molecular complexity index is 121. The molecule has 0 saturated carbocycles. The molecular weight excluding hydrogens is 128 g/mol. The van der Waals surface area contributed by atoms with Crippen molar-refractivity contribution in [1.82, 2.24) is 0 Å². The maximum absolute atomic E-state index is 9.03. The SMILES string of the molecule is CCC#CC(O)CCCO. The third-order valence-electron chi connectivity index (χ3n) is 1.08. The molecule has 2 heteroatoms. The van der Waals surface area contributed by atoms with E-state index in [0.29, 0.717) is 12.8 Å². The maximum atomic E-state index is 9.03. The lowest BCUT2D eigenvalue weighted by atomic mass is 10.2. The number of aliphatic hydroxyl groups excluding tert-OH is 2. The van der Waals surface area contributed by atoms with E-state index in [4.69, 9.17) is 10.2 Å². The van der Waals surface area contributed by atoms with E-state index in [1.807, 2.05) is 6.92 Å². The molecule has 0 saturated heterocycles. The van der Waals surface area contributed by atoms with Gasteiger partial charge in [-0.05, 0) is 12.8 Å². The van der Waals surface area contributed by atoms with E-state index >= 15 is 0 Å². The molecule has 0 aliphatic carbocycles. The van der Waals surface area contributed by atoms with Crippen molar-refractivity contribution in [1.29, 1.82) is 0 Å². The fourth-order valence-electron chi connectivity index (χ4n) is 0.577. The van der Waals surface area contributed by atoms with E-state index in [2.05, 4.69) is 11.8 Å². The van der Waals surface area contributed by atoms with E-state index in [0.717, 1.165) is 6.42 Å². The summed E-state index contributed by atoms with van der Waals surface area (Å²) in [7, 11) is 0. The van der Waals surface area contributed by atoms with Crippen LogP contribution in [-0.2, 0) is 0 Å². The van der Waals surface area contributed by atoms with Gasteiger partial charge in [-0.25, -0.2) is 0 Å². The van der Waals surface area contributed by atoms with E-state index < -0.39 is 6.10 Å². The van der Waals surface area contributed by atoms with Crippen LogP contribution in [-0.4, -0.2) is 22.9 Å². The summed E-state index contributed by atoms with van der Waals surface area (Å²) in [6.07, 6.45) is 1.42. The van der Waals surface area contributed by atoms with Crippen LogP contribution < -0.4 is 0 Å². The van der Waals surface area contributed by atoms with Gasteiger partial charge < -0.3 is 10.2 Å². The zero-order chi connectivity index (χ0) is 7.82. The molecule has 0 aliphatic heterocycles. The molecule has 1 unspecified atom stereocenters. The van der Waals surface area contributed by atoms with Crippen molar-refractivity contribution in [3.8, 4) is 11.8 Å². The van der Waals surface area contributed by atoms with Gasteiger partial charge in [-0.1, -0.05) is 12.8 Å². The van der Waals surface area contributed by atoms with Crippen molar-refractivity contribution in [3.05, 3.63) is 0 Å². The molecule has 0 spiro atoms. The summed E-state index contributed by atoms with van der Waals surface area (Å²) < 4.78 is 0. The van der Waals surface area contributed by atoms with Crippen molar-refractivity contribution >= 4 is 0 Å². The Hall–Kier alpha value is -0.520. The van der Waals surface area contributed by atoms with E-state index in [1.54, 1.807) is 0 Å². The van der Waals surface area contributed by atoms with Gasteiger partial charge in [-0.3, -0.25) is 0 Å². The molecule has 1 atom stereocenters. The zero-order valence-electron chi connectivity index (χ0n) is 6.30. The molecule has 0 aliphatic rings. The summed E-state index contributed by atoms with van der Waals surface area (Å²) in [5, 5.41) is 17.4. The molecule has 0 rings (SSSR count). The van der Waals surface area contributed by atoms with Crippen LogP contribution in [0, 0.1) is 11.8 Å². The van der Waals surface area contributed by atoms with Crippen LogP contribution in [0.25, 0.3) is 0 Å². The normalized spacial score (nSPS) is 11.9. The Balaban J connectivity index is 3.33. The lowest BCUT2D eigenvalue weighted by molar-refractivity contribution is 0.197. The first-order valence-electron chi connectivity index (χ1n) is 3.58. The molecule has 2 N–H and O–H groups in total. The van der Waals surface area contributed by atoms with Crippen LogP contribution in [0.1, 0.15) is 26.2 Å². The molecule has 0 aromatic heterocycles. The quantitative estimate of drug-likeness (QED) is 0.564. The molecule has 0 heterocycles. The summed E-state index contributed by atoms with van der Waals surface area (Å²) >= 11 is 0. The third-order valence-corrected chi connectivity index (χ3v) is 1.08. The molecule has 2 nitrogen and oxygen atoms in total. The van der Waals surface area contributed by atoms with Crippen molar-refractivity contribution < 1.29 is 10.2 Å². The summed E-state index contributed by atoms with van der Waals surface area (Å²) in [4.78, 5) is 0. The van der Waals surface area contributed by atoms with Crippen molar-refractivity contribution in [3.63, 3.8) is 0 Å². The van der Waals surface area contributed by atoms with Crippen LogP contribution in [0.15, 0.2) is 0 Å².